The lowest BCUT2D eigenvalue weighted by atomic mass is 10.1. The van der Waals surface area contributed by atoms with Gasteiger partial charge in [-0.05, 0) is 55.2 Å². The number of carbonyl (C=O) groups is 2. The maximum Gasteiger partial charge on any atom is 0.255 e. The summed E-state index contributed by atoms with van der Waals surface area (Å²) in [5.41, 5.74) is 7.14. The molecule has 1 aliphatic carbocycles. The number of amides is 2. The maximum atomic E-state index is 12.6. The van der Waals surface area contributed by atoms with Gasteiger partial charge < -0.3 is 21.1 Å². The van der Waals surface area contributed by atoms with Gasteiger partial charge in [0.1, 0.15) is 5.75 Å². The first-order valence-corrected chi connectivity index (χ1v) is 8.67. The fourth-order valence-corrected chi connectivity index (χ4v) is 2.84. The highest BCUT2D eigenvalue weighted by molar-refractivity contribution is 6.09. The van der Waals surface area contributed by atoms with Gasteiger partial charge in [0, 0.05) is 18.2 Å². The smallest absolute Gasteiger partial charge is 0.255 e. The first-order valence-electron chi connectivity index (χ1n) is 8.67. The molecule has 2 aromatic rings. The molecule has 26 heavy (non-hydrogen) atoms. The van der Waals surface area contributed by atoms with Crippen LogP contribution in [0.15, 0.2) is 48.5 Å². The van der Waals surface area contributed by atoms with Crippen LogP contribution < -0.4 is 21.1 Å². The molecule has 0 heterocycles. The molecular weight excluding hydrogens is 330 g/mol. The summed E-state index contributed by atoms with van der Waals surface area (Å²) in [7, 11) is 1.57. The second-order valence-electron chi connectivity index (χ2n) is 6.38. The Bertz CT molecular complexity index is 785. The summed E-state index contributed by atoms with van der Waals surface area (Å²) in [6, 6.07) is 13.7. The summed E-state index contributed by atoms with van der Waals surface area (Å²) in [5, 5.41) is 5.79. The Balaban J connectivity index is 1.73. The predicted molar refractivity (Wildman–Crippen MR) is 100 cm³/mol. The zero-order valence-electron chi connectivity index (χ0n) is 14.7. The predicted octanol–water partition coefficient (Wildman–Crippen LogP) is 2.41. The second-order valence-corrected chi connectivity index (χ2v) is 6.38. The molecule has 6 heteroatoms. The molecule has 1 fully saturated rings. The molecule has 3 rings (SSSR count). The summed E-state index contributed by atoms with van der Waals surface area (Å²) >= 11 is 0. The van der Waals surface area contributed by atoms with E-state index in [-0.39, 0.29) is 17.9 Å². The van der Waals surface area contributed by atoms with Crippen LogP contribution in [0.3, 0.4) is 0 Å². The van der Waals surface area contributed by atoms with Crippen LogP contribution in [0.25, 0.3) is 0 Å². The van der Waals surface area contributed by atoms with E-state index < -0.39 is 0 Å². The summed E-state index contributed by atoms with van der Waals surface area (Å²) in [6.45, 7) is 0.413. The molecule has 1 aliphatic rings. The van der Waals surface area contributed by atoms with Crippen molar-refractivity contribution >= 4 is 17.5 Å². The molecule has 2 aromatic carbocycles. The molecule has 2 amide bonds. The van der Waals surface area contributed by atoms with Crippen molar-refractivity contribution in [1.29, 1.82) is 0 Å². The van der Waals surface area contributed by atoms with Crippen molar-refractivity contribution in [2.45, 2.75) is 18.9 Å². The number of hydrogen-bond acceptors (Lipinski definition) is 4. The quantitative estimate of drug-likeness (QED) is 0.712. The molecule has 0 radical (unpaired) electrons. The van der Waals surface area contributed by atoms with E-state index in [9.17, 15) is 9.59 Å². The molecule has 1 saturated carbocycles. The third-order valence-corrected chi connectivity index (χ3v) is 4.53. The van der Waals surface area contributed by atoms with Gasteiger partial charge in [-0.2, -0.15) is 0 Å². The fourth-order valence-electron chi connectivity index (χ4n) is 2.84. The molecule has 4 N–H and O–H groups in total. The van der Waals surface area contributed by atoms with Crippen molar-refractivity contribution in [3.8, 4) is 5.75 Å². The van der Waals surface area contributed by atoms with Crippen LogP contribution in [0, 0.1) is 5.92 Å². The Morgan fingerprint density at radius 1 is 1.12 bits per heavy atom. The largest absolute Gasteiger partial charge is 0.497 e. The van der Waals surface area contributed by atoms with Crippen LogP contribution in [0.4, 0.5) is 5.69 Å². The van der Waals surface area contributed by atoms with Gasteiger partial charge in [0.15, 0.2) is 0 Å². The number of para-hydroxylation sites is 1. The van der Waals surface area contributed by atoms with Gasteiger partial charge in [0.2, 0.25) is 0 Å². The molecule has 0 aliphatic heterocycles. The Labute approximate surface area is 152 Å². The van der Waals surface area contributed by atoms with Gasteiger partial charge in [-0.25, -0.2) is 0 Å². The number of anilines is 1. The van der Waals surface area contributed by atoms with Crippen LogP contribution in [-0.2, 0) is 0 Å². The van der Waals surface area contributed by atoms with Gasteiger partial charge in [0.25, 0.3) is 11.8 Å². The highest BCUT2D eigenvalue weighted by Crippen LogP contribution is 2.32. The van der Waals surface area contributed by atoms with Crippen molar-refractivity contribution in [1.82, 2.24) is 5.32 Å². The van der Waals surface area contributed by atoms with E-state index in [0.29, 0.717) is 35.0 Å². The zero-order valence-corrected chi connectivity index (χ0v) is 14.7. The topological polar surface area (TPSA) is 93.4 Å². The lowest BCUT2D eigenvalue weighted by Crippen LogP contribution is -2.42. The van der Waals surface area contributed by atoms with E-state index in [1.54, 1.807) is 55.6 Å². The minimum Gasteiger partial charge on any atom is -0.497 e. The van der Waals surface area contributed by atoms with Crippen molar-refractivity contribution in [2.75, 3.05) is 19.0 Å². The van der Waals surface area contributed by atoms with Crippen LogP contribution in [-0.4, -0.2) is 31.5 Å². The van der Waals surface area contributed by atoms with E-state index in [4.69, 9.17) is 10.5 Å². The lowest BCUT2D eigenvalue weighted by Gasteiger charge is -2.17. The minimum atomic E-state index is -0.287. The Kier molecular flexibility index (Phi) is 5.53. The number of rotatable bonds is 7. The highest BCUT2D eigenvalue weighted by Gasteiger charge is 2.31. The van der Waals surface area contributed by atoms with Crippen molar-refractivity contribution in [3.05, 3.63) is 59.7 Å². The number of carbonyl (C=O) groups excluding carboxylic acids is 2. The van der Waals surface area contributed by atoms with Gasteiger partial charge in [-0.15, -0.1) is 0 Å². The molecule has 1 atom stereocenters. The molecule has 0 bridgehead atoms. The fraction of sp³-hybridized carbons (Fsp3) is 0.300. The molecule has 0 aromatic heterocycles. The highest BCUT2D eigenvalue weighted by atomic mass is 16.5. The van der Waals surface area contributed by atoms with Crippen LogP contribution in [0.2, 0.25) is 0 Å². The lowest BCUT2D eigenvalue weighted by molar-refractivity contribution is 0.0934. The average molecular weight is 353 g/mol. The van der Waals surface area contributed by atoms with E-state index in [1.165, 1.54) is 0 Å². The second kappa shape index (κ2) is 8.01. The molecule has 0 saturated heterocycles. The number of nitrogens with one attached hydrogen (secondary N) is 2. The number of benzene rings is 2. The van der Waals surface area contributed by atoms with Crippen LogP contribution >= 0.6 is 0 Å². The molecular formula is C20H23N3O3. The Morgan fingerprint density at radius 3 is 2.42 bits per heavy atom. The van der Waals surface area contributed by atoms with E-state index in [1.807, 2.05) is 0 Å². The van der Waals surface area contributed by atoms with Crippen LogP contribution in [0.1, 0.15) is 33.6 Å². The molecule has 6 nitrogen and oxygen atoms in total. The number of methoxy groups -OCH3 is 1. The Morgan fingerprint density at radius 2 is 1.81 bits per heavy atom. The summed E-state index contributed by atoms with van der Waals surface area (Å²) in [4.78, 5) is 25.1. The van der Waals surface area contributed by atoms with Gasteiger partial charge >= 0.3 is 0 Å². The van der Waals surface area contributed by atoms with E-state index in [0.717, 1.165) is 12.8 Å². The molecule has 1 unspecified atom stereocenters. The number of hydrogen-bond donors (Lipinski definition) is 3. The van der Waals surface area contributed by atoms with Gasteiger partial charge in [-0.3, -0.25) is 9.59 Å². The van der Waals surface area contributed by atoms with Crippen molar-refractivity contribution < 1.29 is 14.3 Å². The van der Waals surface area contributed by atoms with Crippen molar-refractivity contribution in [2.24, 2.45) is 11.7 Å². The summed E-state index contributed by atoms with van der Waals surface area (Å²) < 4.78 is 5.09. The maximum absolute atomic E-state index is 12.6. The monoisotopic (exact) mass is 353 g/mol. The third-order valence-electron chi connectivity index (χ3n) is 4.53. The first kappa shape index (κ1) is 17.9. The summed E-state index contributed by atoms with van der Waals surface area (Å²) in [6.07, 6.45) is 2.19. The Hall–Kier alpha value is -2.86. The molecule has 136 valence electrons. The SMILES string of the molecule is COc1ccc(C(=O)Nc2ccccc2C(=O)NC(CN)C2CC2)cc1. The van der Waals surface area contributed by atoms with Gasteiger partial charge in [0.05, 0.1) is 18.4 Å². The third kappa shape index (κ3) is 4.21. The number of nitrogens with two attached hydrogens (primary N) is 1. The van der Waals surface area contributed by atoms with E-state index >= 15 is 0 Å². The summed E-state index contributed by atoms with van der Waals surface area (Å²) in [5.74, 6) is 0.627. The van der Waals surface area contributed by atoms with Gasteiger partial charge in [-0.1, -0.05) is 12.1 Å². The van der Waals surface area contributed by atoms with E-state index in [2.05, 4.69) is 10.6 Å². The minimum absolute atomic E-state index is 0.0205. The van der Waals surface area contributed by atoms with Crippen molar-refractivity contribution in [3.63, 3.8) is 0 Å². The average Bonchev–Trinajstić information content (AvgIpc) is 3.51. The standard InChI is InChI=1S/C20H23N3O3/c1-26-15-10-8-14(9-11-15)19(24)22-17-5-3-2-4-16(17)20(25)23-18(12-21)13-6-7-13/h2-5,8-11,13,18H,6-7,12,21H2,1H3,(H,22,24)(H,23,25). The first-order chi connectivity index (χ1) is 12.6. The van der Waals surface area contributed by atoms with Crippen LogP contribution in [0.5, 0.6) is 5.75 Å². The molecule has 0 spiro atoms. The number of ether oxygens (including phenoxy) is 1. The zero-order chi connectivity index (χ0) is 18.5. The normalized spacial score (nSPS) is 14.4.